The number of nitrogens with one attached hydrogen (secondary N) is 2. The van der Waals surface area contributed by atoms with Crippen LogP contribution in [0.1, 0.15) is 34.9 Å². The topological polar surface area (TPSA) is 74.8 Å². The first kappa shape index (κ1) is 20.9. The van der Waals surface area contributed by atoms with Crippen LogP contribution in [0.4, 0.5) is 5.69 Å². The number of amides is 1. The van der Waals surface area contributed by atoms with Gasteiger partial charge in [0.15, 0.2) is 5.16 Å². The zero-order valence-electron chi connectivity index (χ0n) is 16.9. The molecule has 0 bridgehead atoms. The number of aromatic amines is 1. The smallest absolute Gasteiger partial charge is 0.255 e. The Bertz CT molecular complexity index is 1060. The maximum Gasteiger partial charge on any atom is 0.255 e. The van der Waals surface area contributed by atoms with Crippen molar-refractivity contribution in [3.05, 3.63) is 86.8 Å². The molecule has 150 valence electrons. The molecule has 1 aromatic heterocycles. The standard InChI is InChI=1S/C23H25N3O2S/c1-4-18-12-8-9-15(2)21(18)25-20(27)14-29-23-24-16(3)19(22(28)26-23)13-17-10-6-5-7-11-17/h5-12H,4,13-14H2,1-3H3,(H,25,27)(H,24,26,28). The molecular formula is C23H25N3O2S. The summed E-state index contributed by atoms with van der Waals surface area (Å²) in [7, 11) is 0. The van der Waals surface area contributed by atoms with E-state index in [-0.39, 0.29) is 17.2 Å². The van der Waals surface area contributed by atoms with E-state index in [9.17, 15) is 9.59 Å². The number of hydrogen-bond acceptors (Lipinski definition) is 4. The number of H-pyrrole nitrogens is 1. The second-order valence-corrected chi connectivity index (χ2v) is 7.86. The minimum Gasteiger partial charge on any atom is -0.325 e. The highest BCUT2D eigenvalue weighted by Crippen LogP contribution is 2.22. The van der Waals surface area contributed by atoms with Gasteiger partial charge in [0.05, 0.1) is 5.75 Å². The summed E-state index contributed by atoms with van der Waals surface area (Å²) in [5.41, 5.74) is 5.26. The first-order valence-electron chi connectivity index (χ1n) is 9.62. The Kier molecular flexibility index (Phi) is 6.88. The molecule has 0 radical (unpaired) electrons. The molecule has 0 aliphatic heterocycles. The zero-order chi connectivity index (χ0) is 20.8. The first-order chi connectivity index (χ1) is 14.0. The van der Waals surface area contributed by atoms with Gasteiger partial charge in [0, 0.05) is 23.4 Å². The number of thioether (sulfide) groups is 1. The van der Waals surface area contributed by atoms with E-state index < -0.39 is 0 Å². The fourth-order valence-corrected chi connectivity index (χ4v) is 3.88. The number of carbonyl (C=O) groups is 1. The van der Waals surface area contributed by atoms with Gasteiger partial charge in [-0.3, -0.25) is 9.59 Å². The second-order valence-electron chi connectivity index (χ2n) is 6.90. The van der Waals surface area contributed by atoms with Crippen molar-refractivity contribution in [1.29, 1.82) is 0 Å². The molecule has 0 aliphatic carbocycles. The molecule has 0 unspecified atom stereocenters. The lowest BCUT2D eigenvalue weighted by molar-refractivity contribution is -0.113. The SMILES string of the molecule is CCc1cccc(C)c1NC(=O)CSc1nc(C)c(Cc2ccccc2)c(=O)[nH]1. The Morgan fingerprint density at radius 2 is 1.86 bits per heavy atom. The number of nitrogens with zero attached hydrogens (tertiary/aromatic N) is 1. The lowest BCUT2D eigenvalue weighted by Crippen LogP contribution is -2.19. The van der Waals surface area contributed by atoms with Gasteiger partial charge in [0.1, 0.15) is 0 Å². The lowest BCUT2D eigenvalue weighted by Gasteiger charge is -2.13. The summed E-state index contributed by atoms with van der Waals surface area (Å²) in [4.78, 5) is 32.2. The van der Waals surface area contributed by atoms with Crippen molar-refractivity contribution in [2.75, 3.05) is 11.1 Å². The van der Waals surface area contributed by atoms with E-state index in [0.717, 1.165) is 28.8 Å². The van der Waals surface area contributed by atoms with Crippen molar-refractivity contribution in [2.24, 2.45) is 0 Å². The molecule has 0 spiro atoms. The molecule has 5 nitrogen and oxygen atoms in total. The average Bonchev–Trinajstić information content (AvgIpc) is 2.71. The Morgan fingerprint density at radius 1 is 1.10 bits per heavy atom. The fourth-order valence-electron chi connectivity index (χ4n) is 3.17. The van der Waals surface area contributed by atoms with E-state index in [1.165, 1.54) is 11.8 Å². The number of aromatic nitrogens is 2. The zero-order valence-corrected chi connectivity index (χ0v) is 17.7. The third kappa shape index (κ3) is 5.35. The number of carbonyl (C=O) groups excluding carboxylic acids is 1. The van der Waals surface area contributed by atoms with Crippen LogP contribution in [-0.2, 0) is 17.6 Å². The minimum atomic E-state index is -0.156. The maximum absolute atomic E-state index is 12.5. The van der Waals surface area contributed by atoms with Crippen molar-refractivity contribution in [3.63, 3.8) is 0 Å². The van der Waals surface area contributed by atoms with Crippen LogP contribution >= 0.6 is 11.8 Å². The summed E-state index contributed by atoms with van der Waals surface area (Å²) in [6.07, 6.45) is 1.38. The number of rotatable bonds is 7. The molecule has 0 atom stereocenters. The third-order valence-corrected chi connectivity index (χ3v) is 5.64. The highest BCUT2D eigenvalue weighted by molar-refractivity contribution is 7.99. The Hall–Kier alpha value is -2.86. The van der Waals surface area contributed by atoms with Crippen LogP contribution in [-0.4, -0.2) is 21.6 Å². The van der Waals surface area contributed by atoms with Crippen molar-refractivity contribution in [1.82, 2.24) is 9.97 Å². The average molecular weight is 408 g/mol. The summed E-state index contributed by atoms with van der Waals surface area (Å²) in [6, 6.07) is 15.8. The number of anilines is 1. The second kappa shape index (κ2) is 9.56. The molecule has 3 rings (SSSR count). The van der Waals surface area contributed by atoms with Crippen LogP contribution < -0.4 is 10.9 Å². The minimum absolute atomic E-state index is 0.118. The molecule has 0 aliphatic rings. The summed E-state index contributed by atoms with van der Waals surface area (Å²) in [6.45, 7) is 5.88. The largest absolute Gasteiger partial charge is 0.325 e. The Morgan fingerprint density at radius 3 is 2.55 bits per heavy atom. The van der Waals surface area contributed by atoms with Gasteiger partial charge >= 0.3 is 0 Å². The van der Waals surface area contributed by atoms with Gasteiger partial charge in [-0.15, -0.1) is 0 Å². The Labute approximate surface area is 175 Å². The molecule has 29 heavy (non-hydrogen) atoms. The fraction of sp³-hybridized carbons (Fsp3) is 0.261. The molecular weight excluding hydrogens is 382 g/mol. The molecule has 0 saturated heterocycles. The quantitative estimate of drug-likeness (QED) is 0.453. The summed E-state index contributed by atoms with van der Waals surface area (Å²) in [5, 5.41) is 3.45. The van der Waals surface area contributed by atoms with Crippen molar-refractivity contribution >= 4 is 23.4 Å². The predicted molar refractivity (Wildman–Crippen MR) is 119 cm³/mol. The monoisotopic (exact) mass is 407 g/mol. The maximum atomic E-state index is 12.5. The summed E-state index contributed by atoms with van der Waals surface area (Å²) >= 11 is 1.23. The molecule has 2 aromatic carbocycles. The third-order valence-electron chi connectivity index (χ3n) is 4.77. The Balaban J connectivity index is 1.67. The van der Waals surface area contributed by atoms with Crippen LogP contribution in [0.15, 0.2) is 58.5 Å². The number of benzene rings is 2. The van der Waals surface area contributed by atoms with Gasteiger partial charge in [-0.1, -0.05) is 67.2 Å². The normalized spacial score (nSPS) is 10.7. The van der Waals surface area contributed by atoms with Crippen LogP contribution in [0.5, 0.6) is 0 Å². The van der Waals surface area contributed by atoms with E-state index in [0.29, 0.717) is 22.8 Å². The van der Waals surface area contributed by atoms with Crippen molar-refractivity contribution < 1.29 is 4.79 Å². The van der Waals surface area contributed by atoms with Crippen LogP contribution in [0.25, 0.3) is 0 Å². The van der Waals surface area contributed by atoms with E-state index >= 15 is 0 Å². The van der Waals surface area contributed by atoms with Crippen LogP contribution in [0, 0.1) is 13.8 Å². The molecule has 1 amide bonds. The van der Waals surface area contributed by atoms with Gasteiger partial charge in [-0.2, -0.15) is 0 Å². The predicted octanol–water partition coefficient (Wildman–Crippen LogP) is 4.27. The molecule has 1 heterocycles. The number of hydrogen-bond donors (Lipinski definition) is 2. The van der Waals surface area contributed by atoms with Crippen LogP contribution in [0.2, 0.25) is 0 Å². The lowest BCUT2D eigenvalue weighted by atomic mass is 10.1. The van der Waals surface area contributed by atoms with Gasteiger partial charge in [0.2, 0.25) is 5.91 Å². The van der Waals surface area contributed by atoms with E-state index in [2.05, 4.69) is 22.2 Å². The molecule has 6 heteroatoms. The molecule has 0 saturated carbocycles. The van der Waals surface area contributed by atoms with Gasteiger partial charge in [0.25, 0.3) is 5.56 Å². The summed E-state index contributed by atoms with van der Waals surface area (Å²) in [5.74, 6) is 0.0606. The van der Waals surface area contributed by atoms with Gasteiger partial charge < -0.3 is 10.3 Å². The number of para-hydroxylation sites is 1. The van der Waals surface area contributed by atoms with Gasteiger partial charge in [-0.25, -0.2) is 4.98 Å². The first-order valence-corrected chi connectivity index (χ1v) is 10.6. The molecule has 0 fully saturated rings. The van der Waals surface area contributed by atoms with Gasteiger partial charge in [-0.05, 0) is 37.0 Å². The molecule has 3 aromatic rings. The van der Waals surface area contributed by atoms with E-state index in [1.54, 1.807) is 0 Å². The van der Waals surface area contributed by atoms with E-state index in [1.807, 2.05) is 62.4 Å². The van der Waals surface area contributed by atoms with Crippen LogP contribution in [0.3, 0.4) is 0 Å². The van der Waals surface area contributed by atoms with Crippen molar-refractivity contribution in [2.45, 2.75) is 38.8 Å². The van der Waals surface area contributed by atoms with Crippen molar-refractivity contribution in [3.8, 4) is 0 Å². The highest BCUT2D eigenvalue weighted by Gasteiger charge is 2.12. The number of aryl methyl sites for hydroxylation is 3. The van der Waals surface area contributed by atoms with E-state index in [4.69, 9.17) is 0 Å². The summed E-state index contributed by atoms with van der Waals surface area (Å²) < 4.78 is 0. The molecule has 2 N–H and O–H groups in total. The highest BCUT2D eigenvalue weighted by atomic mass is 32.2.